The number of pyridine rings is 2. The summed E-state index contributed by atoms with van der Waals surface area (Å²) in [5.74, 6) is 0.651. The van der Waals surface area contributed by atoms with Gasteiger partial charge in [-0.25, -0.2) is 9.78 Å². The van der Waals surface area contributed by atoms with E-state index in [1.165, 1.54) is 4.57 Å². The van der Waals surface area contributed by atoms with Gasteiger partial charge in [0.25, 0.3) is 5.56 Å². The molecule has 0 spiro atoms. The first-order valence-electron chi connectivity index (χ1n) is 8.68. The van der Waals surface area contributed by atoms with Gasteiger partial charge in [0.05, 0.1) is 6.61 Å². The zero-order valence-electron chi connectivity index (χ0n) is 15.4. The molecular formula is C18H24BrN5O3. The lowest BCUT2D eigenvalue weighted by Gasteiger charge is -2.26. The van der Waals surface area contributed by atoms with Crippen LogP contribution >= 0.6 is 15.9 Å². The first kappa shape index (κ1) is 20.9. The Balaban J connectivity index is 0.000000208. The van der Waals surface area contributed by atoms with Crippen molar-refractivity contribution < 1.29 is 9.53 Å². The molecule has 0 aliphatic carbocycles. The molecule has 0 atom stereocenters. The van der Waals surface area contributed by atoms with Crippen molar-refractivity contribution in [2.75, 3.05) is 38.1 Å². The fraction of sp³-hybridized carbons (Fsp3) is 0.389. The highest BCUT2D eigenvalue weighted by molar-refractivity contribution is 9.10. The second kappa shape index (κ2) is 10.7. The van der Waals surface area contributed by atoms with Crippen molar-refractivity contribution in [1.82, 2.24) is 19.8 Å². The molecule has 3 rings (SSSR count). The Morgan fingerprint density at radius 2 is 2.11 bits per heavy atom. The zero-order chi connectivity index (χ0) is 19.6. The van der Waals surface area contributed by atoms with E-state index in [9.17, 15) is 9.59 Å². The minimum absolute atomic E-state index is 0.0890. The topological polar surface area (TPSA) is 88.5 Å². The molecule has 0 saturated carbocycles. The Morgan fingerprint density at radius 1 is 1.37 bits per heavy atom. The number of nitrogens with zero attached hydrogens (tertiary/aromatic N) is 3. The molecule has 1 saturated heterocycles. The SMILES string of the molecule is CCOC(=O)N1CCNCC1.Cn1cc(Br)cc(Nc2ccccn2)c1=O. The lowest BCUT2D eigenvalue weighted by Crippen LogP contribution is -2.46. The third kappa shape index (κ3) is 6.69. The number of nitrogens with one attached hydrogen (secondary N) is 2. The van der Waals surface area contributed by atoms with E-state index >= 15 is 0 Å². The second-order valence-electron chi connectivity index (χ2n) is 5.76. The smallest absolute Gasteiger partial charge is 0.409 e. The minimum atomic E-state index is -0.186. The molecule has 1 fully saturated rings. The molecule has 1 amide bonds. The van der Waals surface area contributed by atoms with E-state index in [1.54, 1.807) is 36.5 Å². The largest absolute Gasteiger partial charge is 0.450 e. The maximum atomic E-state index is 11.8. The second-order valence-corrected chi connectivity index (χ2v) is 6.68. The van der Waals surface area contributed by atoms with Gasteiger partial charge in [-0.3, -0.25) is 4.79 Å². The number of hydrogen-bond donors (Lipinski definition) is 2. The first-order valence-corrected chi connectivity index (χ1v) is 9.47. The Labute approximate surface area is 166 Å². The number of hydrogen-bond acceptors (Lipinski definition) is 6. The number of ether oxygens (including phenoxy) is 1. The fourth-order valence-electron chi connectivity index (χ4n) is 2.40. The van der Waals surface area contributed by atoms with Crippen LogP contribution in [0.15, 0.2) is 45.9 Å². The summed E-state index contributed by atoms with van der Waals surface area (Å²) in [4.78, 5) is 28.7. The van der Waals surface area contributed by atoms with Crippen LogP contribution in [-0.2, 0) is 11.8 Å². The van der Waals surface area contributed by atoms with Crippen LogP contribution in [0.25, 0.3) is 0 Å². The third-order valence-electron chi connectivity index (χ3n) is 3.72. The first-order chi connectivity index (χ1) is 13.0. The van der Waals surface area contributed by atoms with Gasteiger partial charge in [0, 0.05) is 50.1 Å². The third-order valence-corrected chi connectivity index (χ3v) is 4.15. The van der Waals surface area contributed by atoms with E-state index in [1.807, 2.05) is 19.1 Å². The van der Waals surface area contributed by atoms with Crippen LogP contribution < -0.4 is 16.2 Å². The highest BCUT2D eigenvalue weighted by Gasteiger charge is 2.16. The van der Waals surface area contributed by atoms with E-state index in [0.717, 1.165) is 30.7 Å². The molecular weight excluding hydrogens is 414 g/mol. The van der Waals surface area contributed by atoms with Crippen LogP contribution in [0, 0.1) is 0 Å². The van der Waals surface area contributed by atoms with Crippen molar-refractivity contribution in [3.8, 4) is 0 Å². The maximum Gasteiger partial charge on any atom is 0.409 e. The van der Waals surface area contributed by atoms with Crippen molar-refractivity contribution >= 4 is 33.5 Å². The predicted molar refractivity (Wildman–Crippen MR) is 108 cm³/mol. The molecule has 1 aliphatic rings. The summed E-state index contributed by atoms with van der Waals surface area (Å²) in [5, 5.41) is 6.14. The molecule has 0 unspecified atom stereocenters. The molecule has 2 aromatic rings. The predicted octanol–water partition coefficient (Wildman–Crippen LogP) is 2.33. The van der Waals surface area contributed by atoms with Gasteiger partial charge in [-0.05, 0) is 41.1 Å². The van der Waals surface area contributed by atoms with Crippen molar-refractivity contribution in [3.63, 3.8) is 0 Å². The van der Waals surface area contributed by atoms with Gasteiger partial charge in [-0.2, -0.15) is 0 Å². The quantitative estimate of drug-likeness (QED) is 0.765. The Hall–Kier alpha value is -2.39. The number of piperazine rings is 1. The van der Waals surface area contributed by atoms with E-state index < -0.39 is 0 Å². The van der Waals surface area contributed by atoms with Crippen LogP contribution in [0.5, 0.6) is 0 Å². The summed E-state index contributed by atoms with van der Waals surface area (Å²) >= 11 is 3.34. The van der Waals surface area contributed by atoms with Crippen molar-refractivity contribution in [3.05, 3.63) is 51.5 Å². The minimum Gasteiger partial charge on any atom is -0.450 e. The van der Waals surface area contributed by atoms with E-state index in [4.69, 9.17) is 4.74 Å². The number of halogens is 1. The Bertz CT molecular complexity index is 791. The molecule has 0 bridgehead atoms. The Morgan fingerprint density at radius 3 is 2.74 bits per heavy atom. The molecule has 1 aliphatic heterocycles. The van der Waals surface area contributed by atoms with E-state index in [-0.39, 0.29) is 11.7 Å². The molecule has 2 N–H and O–H groups in total. The lowest BCUT2D eigenvalue weighted by atomic mass is 10.4. The van der Waals surface area contributed by atoms with Crippen molar-refractivity contribution in [1.29, 1.82) is 0 Å². The number of amides is 1. The average molecular weight is 438 g/mol. The zero-order valence-corrected chi connectivity index (χ0v) is 17.0. The molecule has 27 heavy (non-hydrogen) atoms. The van der Waals surface area contributed by atoms with E-state index in [0.29, 0.717) is 18.1 Å². The van der Waals surface area contributed by atoms with Gasteiger partial charge in [0.15, 0.2) is 0 Å². The summed E-state index contributed by atoms with van der Waals surface area (Å²) < 4.78 is 7.19. The number of aryl methyl sites for hydroxylation is 1. The van der Waals surface area contributed by atoms with Crippen LogP contribution in [0.3, 0.4) is 0 Å². The monoisotopic (exact) mass is 437 g/mol. The normalized spacial score (nSPS) is 13.4. The van der Waals surface area contributed by atoms with E-state index in [2.05, 4.69) is 31.5 Å². The Kier molecular flexibility index (Phi) is 8.28. The number of anilines is 2. The molecule has 146 valence electrons. The molecule has 8 nitrogen and oxygen atoms in total. The number of rotatable bonds is 3. The highest BCUT2D eigenvalue weighted by Crippen LogP contribution is 2.14. The molecule has 0 radical (unpaired) electrons. The molecule has 3 heterocycles. The van der Waals surface area contributed by atoms with Gasteiger partial charge in [0.1, 0.15) is 11.5 Å². The standard InChI is InChI=1S/C11H10BrN3O.C7H14N2O2/c1-15-7-8(12)6-9(11(15)16)14-10-4-2-3-5-13-10;1-2-11-7(10)9-5-3-8-4-6-9/h2-7H,1H3,(H,13,14);8H,2-6H2,1H3. The summed E-state index contributed by atoms with van der Waals surface area (Å²) in [5.41, 5.74) is 0.407. The van der Waals surface area contributed by atoms with Gasteiger partial charge in [0.2, 0.25) is 0 Å². The maximum absolute atomic E-state index is 11.8. The summed E-state index contributed by atoms with van der Waals surface area (Å²) in [6, 6.07) is 7.22. The number of aromatic nitrogens is 2. The number of carbonyl (C=O) groups is 1. The lowest BCUT2D eigenvalue weighted by molar-refractivity contribution is 0.102. The van der Waals surface area contributed by atoms with Crippen LogP contribution in [-0.4, -0.2) is 53.3 Å². The number of carbonyl (C=O) groups excluding carboxylic acids is 1. The van der Waals surface area contributed by atoms with Gasteiger partial charge in [-0.1, -0.05) is 6.07 Å². The molecule has 9 heteroatoms. The van der Waals surface area contributed by atoms with Crippen LogP contribution in [0.1, 0.15) is 6.92 Å². The van der Waals surface area contributed by atoms with Crippen molar-refractivity contribution in [2.24, 2.45) is 7.05 Å². The highest BCUT2D eigenvalue weighted by atomic mass is 79.9. The summed E-state index contributed by atoms with van der Waals surface area (Å²) in [7, 11) is 1.71. The summed E-state index contributed by atoms with van der Waals surface area (Å²) in [6.07, 6.45) is 3.20. The fourth-order valence-corrected chi connectivity index (χ4v) is 2.93. The van der Waals surface area contributed by atoms with Gasteiger partial charge in [-0.15, -0.1) is 0 Å². The van der Waals surface area contributed by atoms with Crippen LogP contribution in [0.4, 0.5) is 16.3 Å². The summed E-state index contributed by atoms with van der Waals surface area (Å²) in [6.45, 7) is 5.55. The van der Waals surface area contributed by atoms with Gasteiger partial charge >= 0.3 is 6.09 Å². The van der Waals surface area contributed by atoms with Crippen LogP contribution in [0.2, 0.25) is 0 Å². The molecule has 2 aromatic heterocycles. The van der Waals surface area contributed by atoms with Crippen molar-refractivity contribution in [2.45, 2.75) is 6.92 Å². The average Bonchev–Trinajstić information content (AvgIpc) is 2.68. The molecule has 0 aromatic carbocycles. The van der Waals surface area contributed by atoms with Gasteiger partial charge < -0.3 is 24.8 Å².